The standard InChI is InChI=1S/C17H24BNO5S/c1-15(2)16(3,4)24-18(23-15)13-5-7-14(8-6-13)25(20,21)19-9-17(10-19)11-22-12-17/h5-8H,9-12H2,1-4H3. The second-order valence-corrected chi connectivity index (χ2v) is 10.4. The third-order valence-electron chi connectivity index (χ3n) is 5.88. The summed E-state index contributed by atoms with van der Waals surface area (Å²) >= 11 is 0. The molecule has 0 unspecified atom stereocenters. The smallest absolute Gasteiger partial charge is 0.399 e. The molecular weight excluding hydrogens is 341 g/mol. The monoisotopic (exact) mass is 365 g/mol. The van der Waals surface area contributed by atoms with Gasteiger partial charge in [-0.3, -0.25) is 0 Å². The zero-order chi connectivity index (χ0) is 18.1. The molecule has 0 amide bonds. The third-order valence-corrected chi connectivity index (χ3v) is 7.69. The van der Waals surface area contributed by atoms with E-state index in [9.17, 15) is 8.42 Å². The van der Waals surface area contributed by atoms with E-state index in [0.29, 0.717) is 31.2 Å². The Balaban J connectivity index is 1.49. The summed E-state index contributed by atoms with van der Waals surface area (Å²) in [6.45, 7) is 10.4. The Labute approximate surface area is 149 Å². The Kier molecular flexibility index (Phi) is 3.70. The van der Waals surface area contributed by atoms with Gasteiger partial charge in [-0.2, -0.15) is 4.31 Å². The van der Waals surface area contributed by atoms with Gasteiger partial charge < -0.3 is 14.0 Å². The molecule has 3 heterocycles. The van der Waals surface area contributed by atoms with Crippen molar-refractivity contribution in [2.45, 2.75) is 43.8 Å². The fourth-order valence-corrected chi connectivity index (χ4v) is 5.04. The molecule has 25 heavy (non-hydrogen) atoms. The van der Waals surface area contributed by atoms with E-state index in [0.717, 1.165) is 5.46 Å². The van der Waals surface area contributed by atoms with Crippen LogP contribution < -0.4 is 5.46 Å². The largest absolute Gasteiger partial charge is 0.494 e. The maximum Gasteiger partial charge on any atom is 0.494 e. The minimum atomic E-state index is -3.44. The highest BCUT2D eigenvalue weighted by Crippen LogP contribution is 2.40. The first-order chi connectivity index (χ1) is 11.5. The van der Waals surface area contributed by atoms with Gasteiger partial charge in [0, 0.05) is 18.5 Å². The number of ether oxygens (including phenoxy) is 1. The van der Waals surface area contributed by atoms with Crippen LogP contribution in [0.1, 0.15) is 27.7 Å². The molecular formula is C17H24BNO5S. The topological polar surface area (TPSA) is 65.1 Å². The highest BCUT2D eigenvalue weighted by molar-refractivity contribution is 7.89. The predicted octanol–water partition coefficient (Wildman–Crippen LogP) is 1.01. The van der Waals surface area contributed by atoms with Gasteiger partial charge in [-0.05, 0) is 45.3 Å². The SMILES string of the molecule is CC1(C)OB(c2ccc(S(=O)(=O)N3CC4(COC4)C3)cc2)OC1(C)C. The van der Waals surface area contributed by atoms with Crippen molar-refractivity contribution >= 4 is 22.6 Å². The third kappa shape index (κ3) is 2.66. The van der Waals surface area contributed by atoms with Crippen molar-refractivity contribution in [2.24, 2.45) is 5.41 Å². The molecule has 6 nitrogen and oxygen atoms in total. The predicted molar refractivity (Wildman–Crippen MR) is 94.2 cm³/mol. The van der Waals surface area contributed by atoms with Gasteiger partial charge in [-0.15, -0.1) is 0 Å². The van der Waals surface area contributed by atoms with Crippen LogP contribution in [0.2, 0.25) is 0 Å². The molecule has 3 saturated heterocycles. The molecule has 0 saturated carbocycles. The van der Waals surface area contributed by atoms with Gasteiger partial charge >= 0.3 is 7.12 Å². The summed E-state index contributed by atoms with van der Waals surface area (Å²) in [4.78, 5) is 0.308. The summed E-state index contributed by atoms with van der Waals surface area (Å²) in [5.41, 5.74) is 0.0544. The van der Waals surface area contributed by atoms with E-state index in [4.69, 9.17) is 14.0 Å². The number of rotatable bonds is 3. The van der Waals surface area contributed by atoms with Gasteiger partial charge in [0.1, 0.15) is 0 Å². The second-order valence-electron chi connectivity index (χ2n) is 8.42. The average molecular weight is 365 g/mol. The maximum absolute atomic E-state index is 12.7. The van der Waals surface area contributed by atoms with Gasteiger partial charge in [0.2, 0.25) is 10.0 Å². The van der Waals surface area contributed by atoms with E-state index in [1.165, 1.54) is 4.31 Å². The van der Waals surface area contributed by atoms with Crippen LogP contribution in [0.15, 0.2) is 29.2 Å². The molecule has 0 aliphatic carbocycles. The van der Waals surface area contributed by atoms with Crippen molar-refractivity contribution in [3.63, 3.8) is 0 Å². The molecule has 136 valence electrons. The molecule has 0 radical (unpaired) electrons. The van der Waals surface area contributed by atoms with Crippen LogP contribution in [0, 0.1) is 5.41 Å². The summed E-state index contributed by atoms with van der Waals surface area (Å²) in [6.07, 6.45) is 0. The van der Waals surface area contributed by atoms with E-state index in [1.807, 2.05) is 27.7 Å². The van der Waals surface area contributed by atoms with Crippen LogP contribution in [0.5, 0.6) is 0 Å². The fourth-order valence-electron chi connectivity index (χ4n) is 3.37. The van der Waals surface area contributed by atoms with Crippen LogP contribution in [0.3, 0.4) is 0 Å². The van der Waals surface area contributed by atoms with Gasteiger partial charge in [0.25, 0.3) is 0 Å². The quantitative estimate of drug-likeness (QED) is 0.748. The normalized spacial score (nSPS) is 27.1. The molecule has 0 N–H and O–H groups in total. The molecule has 1 spiro atoms. The molecule has 1 aromatic rings. The Hall–Kier alpha value is -0.925. The van der Waals surface area contributed by atoms with Gasteiger partial charge in [-0.25, -0.2) is 8.42 Å². The number of sulfonamides is 1. The van der Waals surface area contributed by atoms with Crippen LogP contribution in [-0.2, 0) is 24.1 Å². The summed E-state index contributed by atoms with van der Waals surface area (Å²) in [5.74, 6) is 0. The van der Waals surface area contributed by atoms with Crippen LogP contribution >= 0.6 is 0 Å². The highest BCUT2D eigenvalue weighted by atomic mass is 32.2. The number of nitrogens with zero attached hydrogens (tertiary/aromatic N) is 1. The minimum absolute atomic E-state index is 0.0652. The van der Waals surface area contributed by atoms with Crippen molar-refractivity contribution in [3.05, 3.63) is 24.3 Å². The molecule has 0 atom stereocenters. The van der Waals surface area contributed by atoms with Crippen molar-refractivity contribution in [1.29, 1.82) is 0 Å². The van der Waals surface area contributed by atoms with Crippen molar-refractivity contribution < 1.29 is 22.5 Å². The van der Waals surface area contributed by atoms with Crippen LogP contribution in [0.25, 0.3) is 0 Å². The van der Waals surface area contributed by atoms with Gasteiger partial charge in [-0.1, -0.05) is 12.1 Å². The minimum Gasteiger partial charge on any atom is -0.399 e. The molecule has 3 aliphatic heterocycles. The molecule has 3 aliphatic rings. The Bertz CT molecular complexity index is 762. The molecule has 4 rings (SSSR count). The molecule has 3 fully saturated rings. The number of benzene rings is 1. The average Bonchev–Trinajstić information content (AvgIpc) is 2.64. The zero-order valence-corrected chi connectivity index (χ0v) is 15.9. The molecule has 0 bridgehead atoms. The first-order valence-corrected chi connectivity index (χ1v) is 10.0. The number of hydrogen-bond acceptors (Lipinski definition) is 5. The van der Waals surface area contributed by atoms with Crippen LogP contribution in [0.4, 0.5) is 0 Å². The summed E-state index contributed by atoms with van der Waals surface area (Å²) < 4.78 is 44.2. The Morgan fingerprint density at radius 3 is 1.92 bits per heavy atom. The first kappa shape index (κ1) is 17.5. The molecule has 8 heteroatoms. The van der Waals surface area contributed by atoms with Crippen molar-refractivity contribution in [1.82, 2.24) is 4.31 Å². The first-order valence-electron chi connectivity index (χ1n) is 8.58. The van der Waals surface area contributed by atoms with E-state index in [1.54, 1.807) is 24.3 Å². The Morgan fingerprint density at radius 2 is 1.48 bits per heavy atom. The maximum atomic E-state index is 12.7. The van der Waals surface area contributed by atoms with Crippen molar-refractivity contribution in [3.8, 4) is 0 Å². The molecule has 0 aromatic heterocycles. The molecule has 1 aromatic carbocycles. The second kappa shape index (κ2) is 5.30. The summed E-state index contributed by atoms with van der Waals surface area (Å²) in [7, 11) is -3.92. The highest BCUT2D eigenvalue weighted by Gasteiger charge is 2.54. The lowest BCUT2D eigenvalue weighted by molar-refractivity contribution is -0.166. The van der Waals surface area contributed by atoms with E-state index >= 15 is 0 Å². The fraction of sp³-hybridized carbons (Fsp3) is 0.647. The van der Waals surface area contributed by atoms with Crippen molar-refractivity contribution in [2.75, 3.05) is 26.3 Å². The van der Waals surface area contributed by atoms with E-state index < -0.39 is 28.3 Å². The lowest BCUT2D eigenvalue weighted by Crippen LogP contribution is -2.66. The van der Waals surface area contributed by atoms with Gasteiger partial charge in [0.15, 0.2) is 0 Å². The van der Waals surface area contributed by atoms with Crippen LogP contribution in [-0.4, -0.2) is 57.3 Å². The summed E-state index contributed by atoms with van der Waals surface area (Å²) in [5, 5.41) is 0. The van der Waals surface area contributed by atoms with E-state index in [2.05, 4.69) is 0 Å². The lowest BCUT2D eigenvalue weighted by atomic mass is 9.79. The number of hydrogen-bond donors (Lipinski definition) is 0. The lowest BCUT2D eigenvalue weighted by Gasteiger charge is -2.53. The summed E-state index contributed by atoms with van der Waals surface area (Å²) in [6, 6.07) is 6.82. The van der Waals surface area contributed by atoms with Gasteiger partial charge in [0.05, 0.1) is 29.3 Å². The Morgan fingerprint density at radius 1 is 0.960 bits per heavy atom. The van der Waals surface area contributed by atoms with E-state index in [-0.39, 0.29) is 5.41 Å². The zero-order valence-electron chi connectivity index (χ0n) is 15.1.